The average molecular weight is 255 g/mol. The van der Waals surface area contributed by atoms with Crippen LogP contribution in [0.25, 0.3) is 0 Å². The van der Waals surface area contributed by atoms with E-state index in [4.69, 9.17) is 0 Å². The molecule has 3 nitrogen and oxygen atoms in total. The summed E-state index contributed by atoms with van der Waals surface area (Å²) in [5, 5.41) is 9.18. The lowest BCUT2D eigenvalue weighted by Crippen LogP contribution is -2.33. The second-order valence-electron chi connectivity index (χ2n) is 3.86. The summed E-state index contributed by atoms with van der Waals surface area (Å²) >= 11 is 0. The normalized spacial score (nSPS) is 11.7. The Kier molecular flexibility index (Phi) is 13.2. The first kappa shape index (κ1) is 19.3. The minimum atomic E-state index is -0.374. The highest BCUT2D eigenvalue weighted by Gasteiger charge is 2.13. The van der Waals surface area contributed by atoms with Gasteiger partial charge >= 0.3 is 0 Å². The molecule has 0 aromatic carbocycles. The van der Waals surface area contributed by atoms with E-state index in [9.17, 15) is 9.90 Å². The maximum atomic E-state index is 11.9. The fourth-order valence-electron chi connectivity index (χ4n) is 1.28. The number of amides is 1. The minimum absolute atomic E-state index is 0.0483. The molecule has 18 heavy (non-hydrogen) atoms. The highest BCUT2D eigenvalue weighted by atomic mass is 16.3. The standard InChI is InChI=1S/C13H23NO2.C2H6/c1-5-7-8-11(3)13(16)14(6-2)10-9-12(4)15;1-2/h7-8,12,15H,3,5-6,9-10H2,1-2,4H3;1-2H3/b8-7-;. The summed E-state index contributed by atoms with van der Waals surface area (Å²) in [6.45, 7) is 14.6. The molecule has 1 amide bonds. The number of aliphatic hydroxyl groups excluding tert-OH is 1. The summed E-state index contributed by atoms with van der Waals surface area (Å²) in [6.07, 6.45) is 4.80. The molecular weight excluding hydrogens is 226 g/mol. The van der Waals surface area contributed by atoms with Crippen molar-refractivity contribution in [2.45, 2.75) is 53.6 Å². The van der Waals surface area contributed by atoms with Crippen LogP contribution in [0.3, 0.4) is 0 Å². The highest BCUT2D eigenvalue weighted by molar-refractivity contribution is 5.95. The zero-order valence-electron chi connectivity index (χ0n) is 12.6. The van der Waals surface area contributed by atoms with Crippen molar-refractivity contribution in [1.82, 2.24) is 4.90 Å². The maximum Gasteiger partial charge on any atom is 0.253 e. The summed E-state index contributed by atoms with van der Waals surface area (Å²) in [6, 6.07) is 0. The molecule has 1 unspecified atom stereocenters. The van der Waals surface area contributed by atoms with Gasteiger partial charge in [0.1, 0.15) is 0 Å². The van der Waals surface area contributed by atoms with Crippen LogP contribution < -0.4 is 0 Å². The van der Waals surface area contributed by atoms with Crippen LogP contribution in [0.2, 0.25) is 0 Å². The number of hydrogen-bond donors (Lipinski definition) is 1. The highest BCUT2D eigenvalue weighted by Crippen LogP contribution is 2.04. The number of allylic oxidation sites excluding steroid dienone is 1. The van der Waals surface area contributed by atoms with Crippen LogP contribution >= 0.6 is 0 Å². The zero-order chi connectivity index (χ0) is 14.6. The molecule has 1 atom stereocenters. The Morgan fingerprint density at radius 2 is 1.94 bits per heavy atom. The first-order valence-electron chi connectivity index (χ1n) is 6.85. The van der Waals surface area contributed by atoms with Crippen LogP contribution in [-0.4, -0.2) is 35.1 Å². The van der Waals surface area contributed by atoms with Gasteiger partial charge in [0.15, 0.2) is 0 Å². The number of hydrogen-bond acceptors (Lipinski definition) is 2. The number of carbonyl (C=O) groups is 1. The largest absolute Gasteiger partial charge is 0.393 e. The van der Waals surface area contributed by atoms with E-state index in [1.165, 1.54) is 0 Å². The van der Waals surface area contributed by atoms with E-state index in [1.54, 1.807) is 17.9 Å². The third-order valence-corrected chi connectivity index (χ3v) is 2.32. The molecule has 106 valence electrons. The molecule has 0 radical (unpaired) electrons. The predicted molar refractivity (Wildman–Crippen MR) is 78.5 cm³/mol. The number of likely N-dealkylation sites (N-methyl/N-ethyl adjacent to an activating group) is 1. The molecule has 0 fully saturated rings. The number of aliphatic hydroxyl groups is 1. The van der Waals surface area contributed by atoms with Crippen LogP contribution in [-0.2, 0) is 4.79 Å². The van der Waals surface area contributed by atoms with Gasteiger partial charge in [-0.25, -0.2) is 0 Å². The van der Waals surface area contributed by atoms with Crippen LogP contribution in [0, 0.1) is 0 Å². The molecule has 0 aliphatic carbocycles. The van der Waals surface area contributed by atoms with E-state index < -0.39 is 0 Å². The third-order valence-electron chi connectivity index (χ3n) is 2.32. The lowest BCUT2D eigenvalue weighted by atomic mass is 10.2. The number of carbonyl (C=O) groups excluding carboxylic acids is 1. The molecule has 3 heteroatoms. The van der Waals surface area contributed by atoms with Crippen LogP contribution in [0.1, 0.15) is 47.5 Å². The van der Waals surface area contributed by atoms with Gasteiger partial charge in [0.25, 0.3) is 5.91 Å². The Hall–Kier alpha value is -1.09. The van der Waals surface area contributed by atoms with E-state index in [2.05, 4.69) is 6.58 Å². The summed E-state index contributed by atoms with van der Waals surface area (Å²) in [4.78, 5) is 13.6. The average Bonchev–Trinajstić information content (AvgIpc) is 2.38. The summed E-state index contributed by atoms with van der Waals surface area (Å²) in [7, 11) is 0. The van der Waals surface area contributed by atoms with Crippen molar-refractivity contribution >= 4 is 5.91 Å². The van der Waals surface area contributed by atoms with Crippen molar-refractivity contribution in [3.8, 4) is 0 Å². The van der Waals surface area contributed by atoms with Crippen LogP contribution in [0.15, 0.2) is 24.3 Å². The first-order valence-corrected chi connectivity index (χ1v) is 6.85. The second kappa shape index (κ2) is 12.4. The molecule has 0 aliphatic heterocycles. The number of rotatable bonds is 7. The predicted octanol–water partition coefficient (Wildman–Crippen LogP) is 3.15. The molecule has 0 aliphatic rings. The molecule has 1 N–H and O–H groups in total. The van der Waals surface area contributed by atoms with Crippen molar-refractivity contribution < 1.29 is 9.90 Å². The van der Waals surface area contributed by atoms with Gasteiger partial charge in [-0.05, 0) is 26.7 Å². The first-order chi connectivity index (χ1) is 8.52. The van der Waals surface area contributed by atoms with Gasteiger partial charge in [-0.1, -0.05) is 39.5 Å². The van der Waals surface area contributed by atoms with Gasteiger partial charge in [0.05, 0.1) is 6.10 Å². The summed E-state index contributed by atoms with van der Waals surface area (Å²) in [5.41, 5.74) is 0.509. The van der Waals surface area contributed by atoms with Crippen molar-refractivity contribution in [3.63, 3.8) is 0 Å². The summed E-state index contributed by atoms with van der Waals surface area (Å²) in [5.74, 6) is -0.0483. The minimum Gasteiger partial charge on any atom is -0.393 e. The Labute approximate surface area is 112 Å². The molecule has 0 spiro atoms. The zero-order valence-corrected chi connectivity index (χ0v) is 12.6. The van der Waals surface area contributed by atoms with E-state index in [0.717, 1.165) is 6.42 Å². The van der Waals surface area contributed by atoms with Gasteiger partial charge < -0.3 is 10.0 Å². The van der Waals surface area contributed by atoms with Crippen molar-refractivity contribution in [2.24, 2.45) is 0 Å². The molecule has 0 rings (SSSR count). The van der Waals surface area contributed by atoms with Gasteiger partial charge in [0.2, 0.25) is 0 Å². The van der Waals surface area contributed by atoms with E-state index in [0.29, 0.717) is 25.1 Å². The SMILES string of the molecule is C=C(/C=C\CC)C(=O)N(CC)CCC(C)O.CC. The maximum absolute atomic E-state index is 11.9. The molecular formula is C15H29NO2. The Morgan fingerprint density at radius 1 is 1.39 bits per heavy atom. The fraction of sp³-hybridized carbons (Fsp3) is 0.667. The van der Waals surface area contributed by atoms with Crippen molar-refractivity contribution in [2.75, 3.05) is 13.1 Å². The number of nitrogens with zero attached hydrogens (tertiary/aromatic N) is 1. The molecule has 0 aromatic rings. The molecule has 0 bridgehead atoms. The second-order valence-corrected chi connectivity index (χ2v) is 3.86. The molecule has 0 saturated carbocycles. The Bertz CT molecular complexity index is 257. The molecule has 0 aromatic heterocycles. The van der Waals surface area contributed by atoms with Crippen LogP contribution in [0.5, 0.6) is 0 Å². The smallest absolute Gasteiger partial charge is 0.253 e. The van der Waals surface area contributed by atoms with E-state index >= 15 is 0 Å². The summed E-state index contributed by atoms with van der Waals surface area (Å²) < 4.78 is 0. The molecule has 0 heterocycles. The topological polar surface area (TPSA) is 40.5 Å². The third kappa shape index (κ3) is 8.99. The van der Waals surface area contributed by atoms with Crippen molar-refractivity contribution in [1.29, 1.82) is 0 Å². The van der Waals surface area contributed by atoms with E-state index in [1.807, 2.05) is 33.8 Å². The quantitative estimate of drug-likeness (QED) is 0.561. The lowest BCUT2D eigenvalue weighted by molar-refractivity contribution is -0.126. The Balaban J connectivity index is 0. The van der Waals surface area contributed by atoms with Gasteiger partial charge in [-0.15, -0.1) is 0 Å². The molecule has 0 saturated heterocycles. The lowest BCUT2D eigenvalue weighted by Gasteiger charge is -2.21. The van der Waals surface area contributed by atoms with Gasteiger partial charge in [-0.2, -0.15) is 0 Å². The van der Waals surface area contributed by atoms with Gasteiger partial charge in [-0.3, -0.25) is 4.79 Å². The Morgan fingerprint density at radius 3 is 2.33 bits per heavy atom. The van der Waals surface area contributed by atoms with Gasteiger partial charge in [0, 0.05) is 18.7 Å². The monoisotopic (exact) mass is 255 g/mol. The fourth-order valence-corrected chi connectivity index (χ4v) is 1.28. The van der Waals surface area contributed by atoms with Crippen molar-refractivity contribution in [3.05, 3.63) is 24.3 Å². The van der Waals surface area contributed by atoms with E-state index in [-0.39, 0.29) is 12.0 Å². The van der Waals surface area contributed by atoms with Crippen LogP contribution in [0.4, 0.5) is 0 Å².